The van der Waals surface area contributed by atoms with Gasteiger partial charge in [0.1, 0.15) is 17.4 Å². The van der Waals surface area contributed by atoms with E-state index < -0.39 is 0 Å². The first-order valence-corrected chi connectivity index (χ1v) is 10.1. The van der Waals surface area contributed by atoms with Crippen LogP contribution in [-0.4, -0.2) is 25.1 Å². The van der Waals surface area contributed by atoms with Crippen LogP contribution in [-0.2, 0) is 24.4 Å². The third-order valence-corrected chi connectivity index (χ3v) is 5.18. The summed E-state index contributed by atoms with van der Waals surface area (Å²) in [6.07, 6.45) is 0.213. The molecule has 0 aliphatic carbocycles. The van der Waals surface area contributed by atoms with E-state index in [1.54, 1.807) is 38.5 Å². The highest BCUT2D eigenvalue weighted by atomic mass is 35.5. The van der Waals surface area contributed by atoms with E-state index in [2.05, 4.69) is 10.3 Å². The quantitative estimate of drug-likeness (QED) is 0.547. The van der Waals surface area contributed by atoms with Crippen molar-refractivity contribution in [2.75, 3.05) is 14.2 Å². The second-order valence-corrected chi connectivity index (χ2v) is 7.50. The van der Waals surface area contributed by atoms with Crippen LogP contribution in [0.2, 0.25) is 5.02 Å². The molecular weight excluding hydrogens is 412 g/mol. The minimum atomic E-state index is -0.102. The number of rotatable bonds is 9. The Labute approximate surface area is 178 Å². The van der Waals surface area contributed by atoms with Gasteiger partial charge in [0.05, 0.1) is 26.3 Å². The molecule has 0 bridgehead atoms. The minimum absolute atomic E-state index is 0.102. The standard InChI is InChI=1S/C21H21ClN2O4S/c1-26-18-8-3-14(9-19(18)27-2)11-23-20(25)10-16-13-29-21(24-16)12-28-17-6-4-15(22)5-7-17/h3-9,13H,10-12H2,1-2H3,(H,23,25). The molecule has 1 amide bonds. The molecule has 29 heavy (non-hydrogen) atoms. The summed E-state index contributed by atoms with van der Waals surface area (Å²) in [5.41, 5.74) is 1.64. The second-order valence-electron chi connectivity index (χ2n) is 6.12. The fraction of sp³-hybridized carbons (Fsp3) is 0.238. The Morgan fingerprint density at radius 1 is 1.10 bits per heavy atom. The van der Waals surface area contributed by atoms with E-state index >= 15 is 0 Å². The van der Waals surface area contributed by atoms with Crippen LogP contribution in [0.3, 0.4) is 0 Å². The van der Waals surface area contributed by atoms with Crippen molar-refractivity contribution in [2.45, 2.75) is 19.6 Å². The Balaban J connectivity index is 1.48. The zero-order chi connectivity index (χ0) is 20.6. The van der Waals surface area contributed by atoms with Gasteiger partial charge in [0.2, 0.25) is 5.91 Å². The van der Waals surface area contributed by atoms with E-state index in [0.29, 0.717) is 29.7 Å². The molecule has 6 nitrogen and oxygen atoms in total. The molecule has 0 spiro atoms. The summed E-state index contributed by atoms with van der Waals surface area (Å²) in [5.74, 6) is 1.90. The van der Waals surface area contributed by atoms with E-state index in [9.17, 15) is 4.79 Å². The minimum Gasteiger partial charge on any atom is -0.493 e. The van der Waals surface area contributed by atoms with Gasteiger partial charge in [-0.15, -0.1) is 11.3 Å². The number of ether oxygens (including phenoxy) is 3. The van der Waals surface area contributed by atoms with E-state index in [4.69, 9.17) is 25.8 Å². The number of halogens is 1. The molecule has 0 atom stereocenters. The molecule has 1 heterocycles. The molecule has 3 aromatic rings. The largest absolute Gasteiger partial charge is 0.493 e. The summed E-state index contributed by atoms with van der Waals surface area (Å²) in [5, 5.41) is 6.23. The van der Waals surface area contributed by atoms with E-state index in [1.165, 1.54) is 11.3 Å². The third kappa shape index (κ3) is 6.10. The van der Waals surface area contributed by atoms with Crippen molar-refractivity contribution in [3.63, 3.8) is 0 Å². The Kier molecular flexibility index (Phi) is 7.32. The van der Waals surface area contributed by atoms with Crippen LogP contribution < -0.4 is 19.5 Å². The monoisotopic (exact) mass is 432 g/mol. The summed E-state index contributed by atoms with van der Waals surface area (Å²) in [4.78, 5) is 16.7. The Morgan fingerprint density at radius 2 is 1.86 bits per heavy atom. The Bertz CT molecular complexity index is 960. The Hall–Kier alpha value is -2.77. The maximum atomic E-state index is 12.2. The van der Waals surface area contributed by atoms with Crippen LogP contribution in [0.15, 0.2) is 47.8 Å². The number of methoxy groups -OCH3 is 2. The topological polar surface area (TPSA) is 69.7 Å². The van der Waals surface area contributed by atoms with E-state index in [-0.39, 0.29) is 12.3 Å². The van der Waals surface area contributed by atoms with Crippen molar-refractivity contribution in [2.24, 2.45) is 0 Å². The van der Waals surface area contributed by atoms with Crippen molar-refractivity contribution in [1.29, 1.82) is 0 Å². The maximum Gasteiger partial charge on any atom is 0.226 e. The SMILES string of the molecule is COc1ccc(CNC(=O)Cc2csc(COc3ccc(Cl)cc3)n2)cc1OC. The predicted molar refractivity (Wildman–Crippen MR) is 113 cm³/mol. The van der Waals surface area contributed by atoms with Gasteiger partial charge >= 0.3 is 0 Å². The lowest BCUT2D eigenvalue weighted by Crippen LogP contribution is -2.24. The fourth-order valence-electron chi connectivity index (χ4n) is 2.59. The lowest BCUT2D eigenvalue weighted by molar-refractivity contribution is -0.120. The van der Waals surface area contributed by atoms with E-state index in [1.807, 2.05) is 23.6 Å². The number of benzene rings is 2. The molecule has 2 aromatic carbocycles. The maximum absolute atomic E-state index is 12.2. The van der Waals surface area contributed by atoms with Gasteiger partial charge in [0.15, 0.2) is 11.5 Å². The summed E-state index contributed by atoms with van der Waals surface area (Å²) >= 11 is 7.32. The predicted octanol–water partition coefficient (Wildman–Crippen LogP) is 4.25. The fourth-order valence-corrected chi connectivity index (χ4v) is 3.42. The lowest BCUT2D eigenvalue weighted by Gasteiger charge is -2.10. The van der Waals surface area contributed by atoms with Crippen molar-refractivity contribution in [1.82, 2.24) is 10.3 Å². The molecular formula is C21H21ClN2O4S. The number of amides is 1. The van der Waals surface area contributed by atoms with Crippen LogP contribution in [0.4, 0.5) is 0 Å². The van der Waals surface area contributed by atoms with Gasteiger partial charge in [0.25, 0.3) is 0 Å². The van der Waals surface area contributed by atoms with Crippen LogP contribution >= 0.6 is 22.9 Å². The van der Waals surface area contributed by atoms with Crippen molar-refractivity contribution in [3.8, 4) is 17.2 Å². The van der Waals surface area contributed by atoms with Gasteiger partial charge in [0, 0.05) is 16.9 Å². The number of nitrogens with one attached hydrogen (secondary N) is 1. The highest BCUT2D eigenvalue weighted by Crippen LogP contribution is 2.27. The summed E-state index contributed by atoms with van der Waals surface area (Å²) in [6, 6.07) is 12.7. The molecule has 8 heteroatoms. The smallest absolute Gasteiger partial charge is 0.226 e. The van der Waals surface area contributed by atoms with Crippen LogP contribution in [0.1, 0.15) is 16.3 Å². The molecule has 0 radical (unpaired) electrons. The summed E-state index contributed by atoms with van der Waals surface area (Å²) in [6.45, 7) is 0.745. The number of nitrogens with zero attached hydrogens (tertiary/aromatic N) is 1. The van der Waals surface area contributed by atoms with Crippen molar-refractivity contribution < 1.29 is 19.0 Å². The molecule has 0 fully saturated rings. The summed E-state index contributed by atoms with van der Waals surface area (Å²) < 4.78 is 16.2. The van der Waals surface area contributed by atoms with Gasteiger partial charge in [-0.25, -0.2) is 4.98 Å². The highest BCUT2D eigenvalue weighted by Gasteiger charge is 2.10. The molecule has 152 valence electrons. The van der Waals surface area contributed by atoms with Crippen molar-refractivity contribution in [3.05, 3.63) is 69.1 Å². The molecule has 0 aliphatic heterocycles. The number of carbonyl (C=O) groups is 1. The lowest BCUT2D eigenvalue weighted by atomic mass is 10.2. The van der Waals surface area contributed by atoms with Gasteiger partial charge < -0.3 is 19.5 Å². The number of thiazole rings is 1. The molecule has 0 saturated carbocycles. The first kappa shape index (κ1) is 21.0. The number of carbonyl (C=O) groups excluding carboxylic acids is 1. The number of hydrogen-bond acceptors (Lipinski definition) is 6. The molecule has 0 unspecified atom stereocenters. The van der Waals surface area contributed by atoms with Gasteiger partial charge in [-0.3, -0.25) is 4.79 Å². The first-order chi connectivity index (χ1) is 14.1. The highest BCUT2D eigenvalue weighted by molar-refractivity contribution is 7.09. The van der Waals surface area contributed by atoms with Gasteiger partial charge in [-0.05, 0) is 42.0 Å². The van der Waals surface area contributed by atoms with Crippen LogP contribution in [0.5, 0.6) is 17.2 Å². The van der Waals surface area contributed by atoms with Crippen LogP contribution in [0.25, 0.3) is 0 Å². The first-order valence-electron chi connectivity index (χ1n) is 8.86. The molecule has 1 N–H and O–H groups in total. The van der Waals surface area contributed by atoms with Gasteiger partial charge in [-0.2, -0.15) is 0 Å². The third-order valence-electron chi connectivity index (χ3n) is 4.05. The van der Waals surface area contributed by atoms with E-state index in [0.717, 1.165) is 22.0 Å². The zero-order valence-electron chi connectivity index (χ0n) is 16.1. The summed E-state index contributed by atoms with van der Waals surface area (Å²) in [7, 11) is 3.17. The Morgan fingerprint density at radius 3 is 2.59 bits per heavy atom. The normalized spacial score (nSPS) is 10.4. The average Bonchev–Trinajstić information content (AvgIpc) is 3.18. The second kappa shape index (κ2) is 10.1. The van der Waals surface area contributed by atoms with Gasteiger partial charge in [-0.1, -0.05) is 17.7 Å². The van der Waals surface area contributed by atoms with Crippen molar-refractivity contribution >= 4 is 28.8 Å². The molecule has 3 rings (SSSR count). The average molecular weight is 433 g/mol. The zero-order valence-corrected chi connectivity index (χ0v) is 17.7. The molecule has 0 aliphatic rings. The number of aromatic nitrogens is 1. The number of hydrogen-bond donors (Lipinski definition) is 1. The molecule has 0 saturated heterocycles. The van der Waals surface area contributed by atoms with Crippen LogP contribution in [0, 0.1) is 0 Å². The molecule has 1 aromatic heterocycles.